The topological polar surface area (TPSA) is 118 Å². The maximum atomic E-state index is 12.5. The second-order valence-corrected chi connectivity index (χ2v) is 10.1. The second-order valence-electron chi connectivity index (χ2n) is 6.98. The molecule has 34 heavy (non-hydrogen) atoms. The van der Waals surface area contributed by atoms with Crippen molar-refractivity contribution in [2.75, 3.05) is 11.1 Å². The summed E-state index contributed by atoms with van der Waals surface area (Å²) in [5.74, 6) is 0.570. The van der Waals surface area contributed by atoms with Crippen molar-refractivity contribution in [1.29, 1.82) is 0 Å². The number of fused-ring (bicyclic) bond motifs is 1. The highest BCUT2D eigenvalue weighted by Crippen LogP contribution is 2.28. The van der Waals surface area contributed by atoms with Crippen molar-refractivity contribution in [3.8, 4) is 5.69 Å². The molecule has 0 bridgehead atoms. The number of carbonyl (C=O) groups excluding carboxylic acids is 1. The van der Waals surface area contributed by atoms with E-state index in [4.69, 9.17) is 0 Å². The predicted octanol–water partition coefficient (Wildman–Crippen LogP) is 3.98. The van der Waals surface area contributed by atoms with Crippen molar-refractivity contribution in [3.05, 3.63) is 82.8 Å². The van der Waals surface area contributed by atoms with Gasteiger partial charge in [-0.2, -0.15) is 5.10 Å². The van der Waals surface area contributed by atoms with Crippen LogP contribution < -0.4 is 10.9 Å². The third-order valence-corrected chi connectivity index (χ3v) is 7.53. The Morgan fingerprint density at radius 1 is 1.03 bits per heavy atom. The standard InChI is InChI=1S/C22H17N7O2S3/c30-17(24-21-27-28-22(34-21)33-12-14-7-3-1-4-8-14)13-32-20-25-18-16(19(31)26-20)11-23-29(18)15-9-5-2-6-10-15/h1-11H,12-13H2,(H,24,27,30)(H,25,26,31). The summed E-state index contributed by atoms with van der Waals surface area (Å²) in [7, 11) is 0. The van der Waals surface area contributed by atoms with Crippen LogP contribution in [-0.2, 0) is 10.5 Å². The Balaban J connectivity index is 1.21. The van der Waals surface area contributed by atoms with Crippen molar-refractivity contribution in [1.82, 2.24) is 29.9 Å². The summed E-state index contributed by atoms with van der Waals surface area (Å²) >= 11 is 4.02. The first-order valence-corrected chi connectivity index (χ1v) is 12.9. The van der Waals surface area contributed by atoms with Gasteiger partial charge in [0.25, 0.3) is 5.56 Å². The fourth-order valence-corrected chi connectivity index (χ4v) is 5.43. The quantitative estimate of drug-likeness (QED) is 0.184. The number of thioether (sulfide) groups is 2. The minimum absolute atomic E-state index is 0.0555. The van der Waals surface area contributed by atoms with Gasteiger partial charge in [-0.15, -0.1) is 10.2 Å². The number of nitrogens with one attached hydrogen (secondary N) is 2. The lowest BCUT2D eigenvalue weighted by molar-refractivity contribution is -0.113. The van der Waals surface area contributed by atoms with E-state index in [1.165, 1.54) is 23.1 Å². The molecule has 0 spiro atoms. The summed E-state index contributed by atoms with van der Waals surface area (Å²) in [5, 5.41) is 16.3. The van der Waals surface area contributed by atoms with Gasteiger partial charge in [0.05, 0.1) is 17.6 Å². The molecule has 5 aromatic rings. The summed E-state index contributed by atoms with van der Waals surface area (Å²) in [4.78, 5) is 32.1. The highest BCUT2D eigenvalue weighted by atomic mass is 32.2. The molecule has 3 aromatic heterocycles. The SMILES string of the molecule is O=C(CSc1nc2c(cnn2-c2ccccc2)c(=O)[nH]1)Nc1nnc(SCc2ccccc2)s1. The molecule has 0 aliphatic heterocycles. The molecule has 0 atom stereocenters. The number of para-hydroxylation sites is 1. The normalized spacial score (nSPS) is 11.1. The lowest BCUT2D eigenvalue weighted by Crippen LogP contribution is -2.15. The van der Waals surface area contributed by atoms with E-state index < -0.39 is 0 Å². The lowest BCUT2D eigenvalue weighted by Gasteiger charge is -2.04. The average Bonchev–Trinajstić information content (AvgIpc) is 3.50. The third-order valence-electron chi connectivity index (χ3n) is 4.62. The first kappa shape index (κ1) is 22.3. The summed E-state index contributed by atoms with van der Waals surface area (Å²) in [5.41, 5.74) is 2.11. The Kier molecular flexibility index (Phi) is 6.70. The van der Waals surface area contributed by atoms with E-state index in [2.05, 4.69) is 42.7 Å². The molecule has 12 heteroatoms. The van der Waals surface area contributed by atoms with E-state index in [-0.39, 0.29) is 17.2 Å². The van der Waals surface area contributed by atoms with Gasteiger partial charge in [-0.3, -0.25) is 14.9 Å². The number of amides is 1. The molecule has 0 unspecified atom stereocenters. The van der Waals surface area contributed by atoms with Crippen LogP contribution in [0.4, 0.5) is 5.13 Å². The molecular weight excluding hydrogens is 490 g/mol. The van der Waals surface area contributed by atoms with Crippen LogP contribution in [0, 0.1) is 0 Å². The number of nitrogens with zero attached hydrogens (tertiary/aromatic N) is 5. The first-order chi connectivity index (χ1) is 16.7. The van der Waals surface area contributed by atoms with Crippen LogP contribution in [-0.4, -0.2) is 41.6 Å². The van der Waals surface area contributed by atoms with Crippen LogP contribution in [0.5, 0.6) is 0 Å². The van der Waals surface area contributed by atoms with E-state index in [0.717, 1.165) is 27.5 Å². The number of H-pyrrole nitrogens is 1. The molecule has 9 nitrogen and oxygen atoms in total. The van der Waals surface area contributed by atoms with Crippen LogP contribution in [0.1, 0.15) is 5.56 Å². The van der Waals surface area contributed by atoms with Gasteiger partial charge in [-0.1, -0.05) is 83.4 Å². The van der Waals surface area contributed by atoms with Gasteiger partial charge in [0.2, 0.25) is 11.0 Å². The fourth-order valence-electron chi connectivity index (χ4n) is 3.05. The molecule has 5 rings (SSSR count). The van der Waals surface area contributed by atoms with Gasteiger partial charge in [0.1, 0.15) is 5.39 Å². The van der Waals surface area contributed by atoms with E-state index >= 15 is 0 Å². The Hall–Kier alpha value is -3.48. The van der Waals surface area contributed by atoms with E-state index in [9.17, 15) is 9.59 Å². The zero-order valence-corrected chi connectivity index (χ0v) is 20.0. The molecule has 2 N–H and O–H groups in total. The molecule has 2 aromatic carbocycles. The maximum absolute atomic E-state index is 12.5. The van der Waals surface area contributed by atoms with Crippen LogP contribution in [0.3, 0.4) is 0 Å². The summed E-state index contributed by atoms with van der Waals surface area (Å²) in [6.07, 6.45) is 1.48. The number of carbonyl (C=O) groups is 1. The molecule has 0 aliphatic carbocycles. The number of aromatic amines is 1. The minimum Gasteiger partial charge on any atom is -0.301 e. The lowest BCUT2D eigenvalue weighted by atomic mass is 10.2. The average molecular weight is 508 g/mol. The fraction of sp³-hybridized carbons (Fsp3) is 0.0909. The van der Waals surface area contributed by atoms with Gasteiger partial charge >= 0.3 is 0 Å². The van der Waals surface area contributed by atoms with Gasteiger partial charge in [-0.05, 0) is 17.7 Å². The van der Waals surface area contributed by atoms with E-state index in [1.807, 2.05) is 48.5 Å². The smallest absolute Gasteiger partial charge is 0.262 e. The van der Waals surface area contributed by atoms with Crippen molar-refractivity contribution >= 4 is 56.9 Å². The van der Waals surface area contributed by atoms with Gasteiger partial charge < -0.3 is 4.98 Å². The number of aromatic nitrogens is 6. The summed E-state index contributed by atoms with van der Waals surface area (Å²) in [6.45, 7) is 0. The number of hydrogen-bond acceptors (Lipinski definition) is 9. The van der Waals surface area contributed by atoms with Crippen LogP contribution >= 0.6 is 34.9 Å². The zero-order chi connectivity index (χ0) is 23.3. The molecule has 0 saturated carbocycles. The molecule has 170 valence electrons. The third kappa shape index (κ3) is 5.19. The van der Waals surface area contributed by atoms with E-state index in [0.29, 0.717) is 21.3 Å². The highest BCUT2D eigenvalue weighted by molar-refractivity contribution is 8.00. The Bertz CT molecular complexity index is 1480. The largest absolute Gasteiger partial charge is 0.301 e. The number of benzene rings is 2. The van der Waals surface area contributed by atoms with E-state index in [1.54, 1.807) is 16.4 Å². The molecule has 0 fully saturated rings. The molecule has 0 saturated heterocycles. The van der Waals surface area contributed by atoms with Crippen LogP contribution in [0.25, 0.3) is 16.7 Å². The molecular formula is C22H17N7O2S3. The van der Waals surface area contributed by atoms with Crippen molar-refractivity contribution in [2.45, 2.75) is 15.2 Å². The summed E-state index contributed by atoms with van der Waals surface area (Å²) in [6, 6.07) is 19.5. The number of anilines is 1. The van der Waals surface area contributed by atoms with Crippen molar-refractivity contribution in [3.63, 3.8) is 0 Å². The molecule has 0 radical (unpaired) electrons. The van der Waals surface area contributed by atoms with Gasteiger partial charge in [0.15, 0.2) is 15.1 Å². The molecule has 0 aliphatic rings. The molecule has 3 heterocycles. The summed E-state index contributed by atoms with van der Waals surface area (Å²) < 4.78 is 2.38. The second kappa shape index (κ2) is 10.2. The first-order valence-electron chi connectivity index (χ1n) is 10.1. The highest BCUT2D eigenvalue weighted by Gasteiger charge is 2.14. The van der Waals surface area contributed by atoms with Gasteiger partial charge in [-0.25, -0.2) is 9.67 Å². The van der Waals surface area contributed by atoms with Crippen LogP contribution in [0.15, 0.2) is 81.2 Å². The van der Waals surface area contributed by atoms with Gasteiger partial charge in [0, 0.05) is 5.75 Å². The Labute approximate surface area is 206 Å². The number of rotatable bonds is 8. The Morgan fingerprint density at radius 2 is 1.79 bits per heavy atom. The number of hydrogen-bond donors (Lipinski definition) is 2. The monoisotopic (exact) mass is 507 g/mol. The zero-order valence-electron chi connectivity index (χ0n) is 17.5. The van der Waals surface area contributed by atoms with Crippen molar-refractivity contribution in [2.24, 2.45) is 0 Å². The predicted molar refractivity (Wildman–Crippen MR) is 135 cm³/mol. The molecule has 1 amide bonds. The maximum Gasteiger partial charge on any atom is 0.262 e. The van der Waals surface area contributed by atoms with Crippen molar-refractivity contribution < 1.29 is 4.79 Å². The van der Waals surface area contributed by atoms with Crippen LogP contribution in [0.2, 0.25) is 0 Å². The minimum atomic E-state index is -0.306. The Morgan fingerprint density at radius 3 is 2.59 bits per heavy atom.